The van der Waals surface area contributed by atoms with Gasteiger partial charge in [-0.15, -0.1) is 12.4 Å². The van der Waals surface area contributed by atoms with Crippen molar-refractivity contribution in [2.75, 3.05) is 31.1 Å². The van der Waals surface area contributed by atoms with Crippen molar-refractivity contribution < 1.29 is 47.3 Å². The van der Waals surface area contributed by atoms with Crippen LogP contribution in [-0.4, -0.2) is 54.8 Å². The quantitative estimate of drug-likeness (QED) is 0.354. The Morgan fingerprint density at radius 2 is 1.77 bits per heavy atom. The van der Waals surface area contributed by atoms with Gasteiger partial charge in [-0.3, -0.25) is 9.35 Å². The first-order chi connectivity index (χ1) is 13.1. The summed E-state index contributed by atoms with van der Waals surface area (Å²) in [5.41, 5.74) is 0.542. The van der Waals surface area contributed by atoms with E-state index in [2.05, 4.69) is 20.8 Å². The smallest absolute Gasteiger partial charge is 0.302 e. The number of hydrogen-bond donors (Lipinski definition) is 1. The third-order valence-electron chi connectivity index (χ3n) is 5.10. The molecule has 1 N–H and O–H groups in total. The summed E-state index contributed by atoms with van der Waals surface area (Å²) in [5.74, 6) is 0.125. The van der Waals surface area contributed by atoms with Crippen molar-refractivity contribution in [3.63, 3.8) is 0 Å². The molecule has 1 fully saturated rings. The fourth-order valence-electron chi connectivity index (χ4n) is 3.46. The molecule has 1 heterocycles. The molecule has 166 valence electrons. The molecule has 10 heteroatoms. The summed E-state index contributed by atoms with van der Waals surface area (Å²) in [4.78, 5) is 15.5. The van der Waals surface area contributed by atoms with Crippen molar-refractivity contribution >= 4 is 56.0 Å². The van der Waals surface area contributed by atoms with Gasteiger partial charge in [0, 0.05) is 33.9 Å². The molecule has 1 aromatic rings. The van der Waals surface area contributed by atoms with Crippen LogP contribution in [0.2, 0.25) is 0 Å². The molecule has 0 saturated carbocycles. The predicted octanol–water partition coefficient (Wildman–Crippen LogP) is 2.01. The van der Waals surface area contributed by atoms with Crippen LogP contribution in [0.5, 0.6) is 0 Å². The molecule has 0 aromatic heterocycles. The number of hydrogen-bond acceptors (Lipinski definition) is 5. The molecule has 5 nitrogen and oxygen atoms in total. The van der Waals surface area contributed by atoms with Crippen LogP contribution < -0.4 is 29.6 Å². The first kappa shape index (κ1) is 30.9. The van der Waals surface area contributed by atoms with Gasteiger partial charge in [0.1, 0.15) is 5.78 Å². The Labute approximate surface area is 222 Å². The van der Waals surface area contributed by atoms with Crippen molar-refractivity contribution in [3.8, 4) is 0 Å². The van der Waals surface area contributed by atoms with Gasteiger partial charge in [-0.25, -0.2) is 0 Å². The molecule has 2 rings (SSSR count). The van der Waals surface area contributed by atoms with E-state index in [0.717, 1.165) is 29.7 Å². The van der Waals surface area contributed by atoms with Crippen LogP contribution in [0.3, 0.4) is 0 Å². The predicted molar refractivity (Wildman–Crippen MR) is 127 cm³/mol. The zero-order valence-corrected chi connectivity index (χ0v) is 24.0. The van der Waals surface area contributed by atoms with Crippen molar-refractivity contribution in [3.05, 3.63) is 34.3 Å². The minimum absolute atomic E-state index is 0. The molecule has 1 atom stereocenters. The standard InChI is InChI=1S/C20H30BrNO4S2.ClH.Na/c1-20(2,15-22-10-4-3-5-11-22)19(23)14-18(27-12-13-28(24,25)26)16-6-8-17(21)9-7-16;;/h6-9,18H,3-5,10-15H2,1-2H3,(H,24,25,26);1H;/q;;+1. The second-order valence-corrected chi connectivity index (χ2v) is 11.8. The van der Waals surface area contributed by atoms with Crippen LogP contribution >= 0.6 is 40.1 Å². The largest absolute Gasteiger partial charge is 1.00 e. The zero-order chi connectivity index (χ0) is 20.8. The van der Waals surface area contributed by atoms with Gasteiger partial charge < -0.3 is 4.90 Å². The molecule has 0 aliphatic carbocycles. The van der Waals surface area contributed by atoms with Crippen molar-refractivity contribution in [1.29, 1.82) is 0 Å². The summed E-state index contributed by atoms with van der Waals surface area (Å²) < 4.78 is 32.1. The minimum atomic E-state index is -4.00. The molecule has 1 saturated heterocycles. The molecule has 0 radical (unpaired) electrons. The van der Waals surface area contributed by atoms with Gasteiger partial charge in [0.05, 0.1) is 5.75 Å². The second-order valence-electron chi connectivity index (χ2n) is 8.05. The summed E-state index contributed by atoms with van der Waals surface area (Å²) in [6.07, 6.45) is 3.99. The van der Waals surface area contributed by atoms with Crippen molar-refractivity contribution in [2.24, 2.45) is 5.41 Å². The number of carbonyl (C=O) groups is 1. The first-order valence-electron chi connectivity index (χ1n) is 9.65. The van der Waals surface area contributed by atoms with Crippen LogP contribution in [0.4, 0.5) is 0 Å². The van der Waals surface area contributed by atoms with E-state index in [1.807, 2.05) is 38.1 Å². The number of nitrogens with zero attached hydrogens (tertiary/aromatic N) is 1. The van der Waals surface area contributed by atoms with E-state index in [4.69, 9.17) is 4.55 Å². The number of rotatable bonds is 10. The third-order valence-corrected chi connectivity index (χ3v) is 7.88. The monoisotopic (exact) mass is 550 g/mol. The Morgan fingerprint density at radius 1 is 1.20 bits per heavy atom. The Hall–Kier alpha value is 0.880. The molecule has 1 aliphatic heterocycles. The molecule has 1 aliphatic rings. The summed E-state index contributed by atoms with van der Waals surface area (Å²) in [6.45, 7) is 6.87. The van der Waals surface area contributed by atoms with Gasteiger partial charge in [-0.05, 0) is 43.6 Å². The van der Waals surface area contributed by atoms with Crippen LogP contribution in [-0.2, 0) is 14.9 Å². The number of halogens is 2. The molecule has 1 aromatic carbocycles. The maximum Gasteiger partial charge on any atom is 1.00 e. The Kier molecular flexibility index (Phi) is 14.6. The fourth-order valence-corrected chi connectivity index (χ4v) is 5.85. The molecule has 30 heavy (non-hydrogen) atoms. The van der Waals surface area contributed by atoms with E-state index in [1.165, 1.54) is 31.0 Å². The maximum absolute atomic E-state index is 13.1. The molecular weight excluding hydrogens is 521 g/mol. The van der Waals surface area contributed by atoms with Gasteiger partial charge in [0.25, 0.3) is 10.1 Å². The first-order valence-corrected chi connectivity index (χ1v) is 13.1. The fraction of sp³-hybridized carbons (Fsp3) is 0.650. The average molecular weight is 552 g/mol. The van der Waals surface area contributed by atoms with E-state index in [9.17, 15) is 13.2 Å². The van der Waals surface area contributed by atoms with Gasteiger partial charge in [-0.1, -0.05) is 48.3 Å². The minimum Gasteiger partial charge on any atom is -0.302 e. The van der Waals surface area contributed by atoms with Crippen molar-refractivity contribution in [2.45, 2.75) is 44.8 Å². The Bertz CT molecular complexity index is 757. The molecule has 0 amide bonds. The third kappa shape index (κ3) is 11.1. The van der Waals surface area contributed by atoms with Crippen LogP contribution in [0.1, 0.15) is 50.3 Å². The summed E-state index contributed by atoms with van der Waals surface area (Å²) in [6, 6.07) is 7.77. The van der Waals surface area contributed by atoms with E-state index >= 15 is 0 Å². The number of likely N-dealkylation sites (tertiary alicyclic amines) is 1. The van der Waals surface area contributed by atoms with Crippen LogP contribution in [0.15, 0.2) is 28.7 Å². The van der Waals surface area contributed by atoms with Crippen LogP contribution in [0.25, 0.3) is 0 Å². The van der Waals surface area contributed by atoms with Crippen molar-refractivity contribution in [1.82, 2.24) is 4.90 Å². The number of thioether (sulfide) groups is 1. The molecular formula is C20H31BrClNNaO4S2+. The summed E-state index contributed by atoms with van der Waals surface area (Å²) in [7, 11) is -4.00. The Morgan fingerprint density at radius 3 is 2.30 bits per heavy atom. The number of ketones is 1. The van der Waals surface area contributed by atoms with Gasteiger partial charge in [0.2, 0.25) is 0 Å². The number of carbonyl (C=O) groups excluding carboxylic acids is 1. The topological polar surface area (TPSA) is 74.7 Å². The number of benzene rings is 1. The zero-order valence-electron chi connectivity index (χ0n) is 18.0. The normalized spacial score (nSPS) is 16.3. The molecule has 1 unspecified atom stereocenters. The number of piperidine rings is 1. The maximum atomic E-state index is 13.1. The Balaban J connectivity index is 0.00000420. The summed E-state index contributed by atoms with van der Waals surface area (Å²) in [5, 5.41) is -0.136. The van der Waals surface area contributed by atoms with E-state index in [1.54, 1.807) is 0 Å². The average Bonchev–Trinajstić information content (AvgIpc) is 2.61. The summed E-state index contributed by atoms with van der Waals surface area (Å²) >= 11 is 4.83. The van der Waals surface area contributed by atoms with Crippen LogP contribution in [0, 0.1) is 5.41 Å². The second kappa shape index (κ2) is 14.2. The molecule has 0 spiro atoms. The molecule has 0 bridgehead atoms. The van der Waals surface area contributed by atoms with E-state index in [-0.39, 0.29) is 64.5 Å². The number of Topliss-reactive ketones (excluding diaryl/α,β-unsaturated/α-hetero) is 1. The van der Waals surface area contributed by atoms with Gasteiger partial charge in [-0.2, -0.15) is 20.2 Å². The van der Waals surface area contributed by atoms with E-state index in [0.29, 0.717) is 6.42 Å². The van der Waals surface area contributed by atoms with Gasteiger partial charge in [0.15, 0.2) is 0 Å². The van der Waals surface area contributed by atoms with Gasteiger partial charge >= 0.3 is 29.6 Å². The SMILES string of the molecule is CC(C)(CN1CCCCC1)C(=O)CC(SCCS(=O)(=O)O)c1ccc(Br)cc1.Cl.[Na+]. The van der Waals surface area contributed by atoms with E-state index < -0.39 is 15.5 Å².